The zero-order valence-electron chi connectivity index (χ0n) is 30.2. The molecule has 1 aliphatic rings. The zero-order valence-corrected chi connectivity index (χ0v) is 30.2. The molecule has 2 aromatic heterocycles. The molecule has 8 aromatic carbocycles. The Bertz CT molecular complexity index is 3100. The quantitative estimate of drug-likeness (QED) is 0.168. The predicted octanol–water partition coefficient (Wildman–Crippen LogP) is 13.8. The van der Waals surface area contributed by atoms with E-state index < -0.39 is 0 Å². The lowest BCUT2D eigenvalue weighted by Gasteiger charge is -2.24. The summed E-state index contributed by atoms with van der Waals surface area (Å²) in [5, 5.41) is 7.80. The Hall–Kier alpha value is -6.77. The van der Waals surface area contributed by atoms with Crippen molar-refractivity contribution in [2.24, 2.45) is 0 Å². The highest BCUT2D eigenvalue weighted by atomic mass is 15.0. The molecule has 0 atom stereocenters. The molecular formula is C52H36N2. The number of fused-ring (bicyclic) bond motifs is 11. The van der Waals surface area contributed by atoms with E-state index in [9.17, 15) is 0 Å². The second-order valence-electron chi connectivity index (χ2n) is 15.1. The van der Waals surface area contributed by atoms with Gasteiger partial charge in [-0.25, -0.2) is 0 Å². The molecule has 0 amide bonds. The number of nitrogens with zero attached hydrogens (tertiary/aromatic N) is 2. The Morgan fingerprint density at radius 3 is 1.87 bits per heavy atom. The van der Waals surface area contributed by atoms with E-state index in [0.717, 1.165) is 16.9 Å². The maximum absolute atomic E-state index is 4.65. The van der Waals surface area contributed by atoms with Crippen molar-refractivity contribution >= 4 is 43.4 Å². The summed E-state index contributed by atoms with van der Waals surface area (Å²) in [6.45, 7) is 4.80. The van der Waals surface area contributed by atoms with Crippen LogP contribution in [0.1, 0.15) is 25.0 Å². The predicted molar refractivity (Wildman–Crippen MR) is 227 cm³/mol. The number of para-hydroxylation sites is 2. The van der Waals surface area contributed by atoms with Crippen LogP contribution in [0.4, 0.5) is 0 Å². The van der Waals surface area contributed by atoms with Gasteiger partial charge in [-0.3, -0.25) is 4.98 Å². The van der Waals surface area contributed by atoms with Gasteiger partial charge in [0.25, 0.3) is 0 Å². The average molecular weight is 689 g/mol. The van der Waals surface area contributed by atoms with Crippen molar-refractivity contribution in [3.8, 4) is 50.3 Å². The van der Waals surface area contributed by atoms with Crippen LogP contribution in [0.2, 0.25) is 0 Å². The molecule has 0 radical (unpaired) electrons. The summed E-state index contributed by atoms with van der Waals surface area (Å²) in [6, 6.07) is 64.4. The van der Waals surface area contributed by atoms with Gasteiger partial charge in [-0.2, -0.15) is 0 Å². The van der Waals surface area contributed by atoms with Crippen LogP contribution in [0.25, 0.3) is 93.7 Å². The van der Waals surface area contributed by atoms with Gasteiger partial charge in [-0.15, -0.1) is 0 Å². The summed E-state index contributed by atoms with van der Waals surface area (Å²) in [5.41, 5.74) is 15.9. The highest BCUT2D eigenvalue weighted by molar-refractivity contribution is 6.18. The highest BCUT2D eigenvalue weighted by Gasteiger charge is 2.38. The molecule has 0 bridgehead atoms. The Morgan fingerprint density at radius 1 is 0.444 bits per heavy atom. The molecule has 0 saturated carbocycles. The largest absolute Gasteiger partial charge is 0.309 e. The summed E-state index contributed by atoms with van der Waals surface area (Å²) in [7, 11) is 0. The van der Waals surface area contributed by atoms with Gasteiger partial charge < -0.3 is 4.57 Å². The van der Waals surface area contributed by atoms with Crippen molar-refractivity contribution in [3.05, 3.63) is 193 Å². The SMILES string of the molecule is CC1(C)c2cc(-c3ccc(-c4cccc5c6cc(-c7ccccn7)ccc6n(-c6ccccc6)c45)cc3)ccc2-c2c1c1ccccc1c1ccccc21. The topological polar surface area (TPSA) is 17.8 Å². The summed E-state index contributed by atoms with van der Waals surface area (Å²) in [5.74, 6) is 0. The van der Waals surface area contributed by atoms with Crippen molar-refractivity contribution in [1.29, 1.82) is 0 Å². The van der Waals surface area contributed by atoms with E-state index in [0.29, 0.717) is 0 Å². The van der Waals surface area contributed by atoms with Gasteiger partial charge in [-0.1, -0.05) is 147 Å². The summed E-state index contributed by atoms with van der Waals surface area (Å²) in [6.07, 6.45) is 1.86. The molecule has 0 N–H and O–H groups in total. The smallest absolute Gasteiger partial charge is 0.0702 e. The van der Waals surface area contributed by atoms with Crippen molar-refractivity contribution in [2.45, 2.75) is 19.3 Å². The first-order valence-electron chi connectivity index (χ1n) is 18.8. The fourth-order valence-corrected chi connectivity index (χ4v) is 9.35. The lowest BCUT2D eigenvalue weighted by atomic mass is 9.79. The molecule has 0 aliphatic heterocycles. The molecule has 2 heterocycles. The molecule has 254 valence electrons. The third-order valence-electron chi connectivity index (χ3n) is 11.8. The molecule has 2 heteroatoms. The number of rotatable bonds is 4. The number of benzene rings is 8. The minimum Gasteiger partial charge on any atom is -0.309 e. The van der Waals surface area contributed by atoms with E-state index in [2.05, 4.69) is 187 Å². The second kappa shape index (κ2) is 11.6. The zero-order chi connectivity index (χ0) is 36.0. The van der Waals surface area contributed by atoms with Gasteiger partial charge in [-0.05, 0) is 103 Å². The van der Waals surface area contributed by atoms with Crippen molar-refractivity contribution in [1.82, 2.24) is 9.55 Å². The third-order valence-corrected chi connectivity index (χ3v) is 11.8. The lowest BCUT2D eigenvalue weighted by Crippen LogP contribution is -2.15. The number of pyridine rings is 1. The normalized spacial score (nSPS) is 13.1. The number of hydrogen-bond acceptors (Lipinski definition) is 1. The van der Waals surface area contributed by atoms with Gasteiger partial charge >= 0.3 is 0 Å². The monoisotopic (exact) mass is 688 g/mol. The van der Waals surface area contributed by atoms with Crippen LogP contribution >= 0.6 is 0 Å². The van der Waals surface area contributed by atoms with E-state index in [1.165, 1.54) is 87.9 Å². The first-order valence-corrected chi connectivity index (χ1v) is 18.8. The third kappa shape index (κ3) is 4.44. The molecule has 11 rings (SSSR count). The Balaban J connectivity index is 1.04. The number of hydrogen-bond donors (Lipinski definition) is 0. The maximum Gasteiger partial charge on any atom is 0.0702 e. The van der Waals surface area contributed by atoms with Crippen molar-refractivity contribution < 1.29 is 0 Å². The first-order chi connectivity index (χ1) is 26.6. The molecule has 0 saturated heterocycles. The van der Waals surface area contributed by atoms with Crippen LogP contribution < -0.4 is 0 Å². The minimum atomic E-state index is -0.138. The highest BCUT2D eigenvalue weighted by Crippen LogP contribution is 2.55. The molecule has 2 nitrogen and oxygen atoms in total. The summed E-state index contributed by atoms with van der Waals surface area (Å²) < 4.78 is 2.42. The standard InChI is InChI=1S/C52H36N2/c1-52(2)46-32-35(26-28-44(46)49-41-17-8-6-15-39(41)40-16-7-9-18-42(40)50(49)52)33-22-24-34(25-23-33)38-19-12-20-43-45-31-36(47-21-10-11-30-53-47)27-29-48(45)54(51(38)43)37-13-4-3-5-14-37/h3-32H,1-2H3. The fourth-order valence-electron chi connectivity index (χ4n) is 9.35. The van der Waals surface area contributed by atoms with Crippen molar-refractivity contribution in [2.75, 3.05) is 0 Å². The van der Waals surface area contributed by atoms with E-state index in [-0.39, 0.29) is 5.41 Å². The molecule has 10 aromatic rings. The van der Waals surface area contributed by atoms with Gasteiger partial charge in [0, 0.05) is 39.2 Å². The average Bonchev–Trinajstić information content (AvgIpc) is 3.70. The van der Waals surface area contributed by atoms with E-state index >= 15 is 0 Å². The van der Waals surface area contributed by atoms with Gasteiger partial charge in [0.05, 0.1) is 16.7 Å². The molecule has 0 unspecified atom stereocenters. The molecule has 0 fully saturated rings. The fraction of sp³-hybridized carbons (Fsp3) is 0.0577. The molecular weight excluding hydrogens is 653 g/mol. The van der Waals surface area contributed by atoms with Gasteiger partial charge in [0.1, 0.15) is 0 Å². The van der Waals surface area contributed by atoms with Crippen LogP contribution in [-0.4, -0.2) is 9.55 Å². The van der Waals surface area contributed by atoms with Crippen LogP contribution in [0.5, 0.6) is 0 Å². The Morgan fingerprint density at radius 2 is 1.09 bits per heavy atom. The number of aromatic nitrogens is 2. The van der Waals surface area contributed by atoms with Gasteiger partial charge in [0.2, 0.25) is 0 Å². The Kier molecular flexibility index (Phi) is 6.63. The maximum atomic E-state index is 4.65. The molecule has 0 spiro atoms. The van der Waals surface area contributed by atoms with Crippen LogP contribution in [0, 0.1) is 0 Å². The first kappa shape index (κ1) is 30.8. The second-order valence-corrected chi connectivity index (χ2v) is 15.1. The molecule has 1 aliphatic carbocycles. The van der Waals surface area contributed by atoms with Crippen LogP contribution in [0.3, 0.4) is 0 Å². The summed E-state index contributed by atoms with van der Waals surface area (Å²) >= 11 is 0. The van der Waals surface area contributed by atoms with E-state index in [1.54, 1.807) is 0 Å². The lowest BCUT2D eigenvalue weighted by molar-refractivity contribution is 0.667. The minimum absolute atomic E-state index is 0.138. The Labute approximate surface area is 314 Å². The molecule has 54 heavy (non-hydrogen) atoms. The van der Waals surface area contributed by atoms with Gasteiger partial charge in [0.15, 0.2) is 0 Å². The van der Waals surface area contributed by atoms with Crippen LogP contribution in [-0.2, 0) is 5.41 Å². The van der Waals surface area contributed by atoms with E-state index in [1.807, 2.05) is 18.3 Å². The van der Waals surface area contributed by atoms with Crippen molar-refractivity contribution in [3.63, 3.8) is 0 Å². The van der Waals surface area contributed by atoms with Crippen LogP contribution in [0.15, 0.2) is 182 Å². The summed E-state index contributed by atoms with van der Waals surface area (Å²) in [4.78, 5) is 4.65. The van der Waals surface area contributed by atoms with E-state index in [4.69, 9.17) is 0 Å².